The maximum atomic E-state index is 13.5. The fourth-order valence-corrected chi connectivity index (χ4v) is 3.98. The summed E-state index contributed by atoms with van der Waals surface area (Å²) in [4.78, 5) is 10.9. The Hall–Kier alpha value is -1.68. The van der Waals surface area contributed by atoms with E-state index >= 15 is 0 Å². The second-order valence-electron chi connectivity index (χ2n) is 4.02. The van der Waals surface area contributed by atoms with Crippen LogP contribution in [0.15, 0.2) is 18.2 Å². The van der Waals surface area contributed by atoms with E-state index in [-0.39, 0.29) is 0 Å². The molecular weight excluding hydrogens is 313 g/mol. The lowest BCUT2D eigenvalue weighted by atomic mass is 10.2. The second kappa shape index (κ2) is 5.75. The highest BCUT2D eigenvalue weighted by atomic mass is 32.2. The number of sulfone groups is 1. The summed E-state index contributed by atoms with van der Waals surface area (Å²) in [5.74, 6) is -4.02. The van der Waals surface area contributed by atoms with Crippen LogP contribution in [0.2, 0.25) is 0 Å². The predicted molar refractivity (Wildman–Crippen MR) is 70.5 cm³/mol. The summed E-state index contributed by atoms with van der Waals surface area (Å²) < 4.78 is 60.4. The minimum atomic E-state index is -4.18. The largest absolute Gasteiger partial charge is 0.478 e. The van der Waals surface area contributed by atoms with Gasteiger partial charge in [-0.15, -0.1) is 0 Å². The lowest BCUT2D eigenvalue weighted by Gasteiger charge is -2.11. The molecule has 0 saturated heterocycles. The van der Waals surface area contributed by atoms with Gasteiger partial charge in [0.15, 0.2) is 0 Å². The average Bonchev–Trinajstić information content (AvgIpc) is 2.28. The molecule has 0 unspecified atom stereocenters. The van der Waals surface area contributed by atoms with E-state index in [9.17, 15) is 26.0 Å². The first-order valence-corrected chi connectivity index (χ1v) is 8.93. The molecule has 0 aliphatic rings. The average molecular weight is 325 g/mol. The number of carboxylic acids is 1. The molecule has 0 heterocycles. The Morgan fingerprint density at radius 2 is 1.85 bits per heavy atom. The van der Waals surface area contributed by atoms with Crippen LogP contribution in [0.1, 0.15) is 10.4 Å². The van der Waals surface area contributed by atoms with Crippen molar-refractivity contribution in [3.8, 4) is 0 Å². The van der Waals surface area contributed by atoms with Gasteiger partial charge in [0.2, 0.25) is 10.0 Å². The van der Waals surface area contributed by atoms with Crippen LogP contribution in [0.5, 0.6) is 0 Å². The normalized spacial score (nSPS) is 12.1. The van der Waals surface area contributed by atoms with Crippen molar-refractivity contribution in [2.75, 3.05) is 22.5 Å². The van der Waals surface area contributed by atoms with Gasteiger partial charge < -0.3 is 5.11 Å². The molecule has 20 heavy (non-hydrogen) atoms. The van der Waals surface area contributed by atoms with E-state index in [1.807, 2.05) is 0 Å². The van der Waals surface area contributed by atoms with Gasteiger partial charge >= 0.3 is 5.97 Å². The van der Waals surface area contributed by atoms with E-state index in [4.69, 9.17) is 5.11 Å². The summed E-state index contributed by atoms with van der Waals surface area (Å²) in [6.45, 7) is 0. The first-order valence-electron chi connectivity index (χ1n) is 5.22. The van der Waals surface area contributed by atoms with Crippen LogP contribution >= 0.6 is 0 Å². The highest BCUT2D eigenvalue weighted by molar-refractivity contribution is 7.95. The molecule has 7 nitrogen and oxygen atoms in total. The van der Waals surface area contributed by atoms with E-state index in [1.54, 1.807) is 4.72 Å². The van der Waals surface area contributed by atoms with Crippen LogP contribution in [-0.2, 0) is 19.9 Å². The number of rotatable bonds is 6. The molecule has 2 N–H and O–H groups in total. The van der Waals surface area contributed by atoms with Crippen molar-refractivity contribution in [3.05, 3.63) is 29.6 Å². The number of hydrogen-bond acceptors (Lipinski definition) is 5. The molecule has 0 saturated carbocycles. The summed E-state index contributed by atoms with van der Waals surface area (Å²) >= 11 is 0. The Kier molecular flexibility index (Phi) is 4.71. The van der Waals surface area contributed by atoms with Crippen LogP contribution in [0.3, 0.4) is 0 Å². The molecule has 0 radical (unpaired) electrons. The molecule has 0 bridgehead atoms. The highest BCUT2D eigenvalue weighted by Crippen LogP contribution is 2.21. The second-order valence-corrected chi connectivity index (χ2v) is 8.12. The number of aromatic carboxylic acids is 1. The molecule has 0 aromatic heterocycles. The number of carbonyl (C=O) groups is 1. The third-order valence-corrected chi connectivity index (χ3v) is 4.69. The first-order chi connectivity index (χ1) is 9.02. The monoisotopic (exact) mass is 325 g/mol. The summed E-state index contributed by atoms with van der Waals surface area (Å²) in [5.41, 5.74) is -1.28. The number of nitrogens with one attached hydrogen (secondary N) is 1. The fourth-order valence-electron chi connectivity index (χ4n) is 1.27. The van der Waals surface area contributed by atoms with Gasteiger partial charge in [0.05, 0.1) is 22.8 Å². The molecular formula is C10H12FNO6S2. The van der Waals surface area contributed by atoms with Gasteiger partial charge in [-0.05, 0) is 12.1 Å². The van der Waals surface area contributed by atoms with Gasteiger partial charge in [0.25, 0.3) is 0 Å². The zero-order valence-electron chi connectivity index (χ0n) is 10.3. The number of para-hydroxylation sites is 1. The maximum Gasteiger partial charge on any atom is 0.337 e. The van der Waals surface area contributed by atoms with Crippen LogP contribution < -0.4 is 4.72 Å². The smallest absolute Gasteiger partial charge is 0.337 e. The lowest BCUT2D eigenvalue weighted by Crippen LogP contribution is -2.24. The van der Waals surface area contributed by atoms with E-state index in [2.05, 4.69) is 0 Å². The molecule has 1 aromatic carbocycles. The van der Waals surface area contributed by atoms with Crippen LogP contribution in [0.25, 0.3) is 0 Å². The predicted octanol–water partition coefficient (Wildman–Crippen LogP) is 0.310. The van der Waals surface area contributed by atoms with Gasteiger partial charge in [-0.3, -0.25) is 4.72 Å². The summed E-state index contributed by atoms with van der Waals surface area (Å²) in [7, 11) is -7.69. The maximum absolute atomic E-state index is 13.5. The van der Waals surface area contributed by atoms with Crippen molar-refractivity contribution >= 4 is 31.5 Å². The van der Waals surface area contributed by atoms with Gasteiger partial charge in [0.1, 0.15) is 15.7 Å². The zero-order chi connectivity index (χ0) is 15.6. The summed E-state index contributed by atoms with van der Waals surface area (Å²) in [6.07, 6.45) is 0.855. The van der Waals surface area contributed by atoms with Gasteiger partial charge in [-0.2, -0.15) is 0 Å². The minimum Gasteiger partial charge on any atom is -0.478 e. The van der Waals surface area contributed by atoms with E-state index < -0.39 is 54.4 Å². The van der Waals surface area contributed by atoms with E-state index in [0.29, 0.717) is 0 Å². The number of sulfonamides is 1. The third kappa shape index (κ3) is 4.78. The SMILES string of the molecule is CS(=O)(=O)CCS(=O)(=O)Nc1c(F)cccc1C(=O)O. The van der Waals surface area contributed by atoms with Crippen LogP contribution in [-0.4, -0.2) is 45.7 Å². The standard InChI is InChI=1S/C10H12FNO6S2/c1-19(15,16)5-6-20(17,18)12-9-7(10(13)14)3-2-4-8(9)11/h2-4,12H,5-6H2,1H3,(H,13,14). The number of hydrogen-bond donors (Lipinski definition) is 2. The number of benzene rings is 1. The van der Waals surface area contributed by atoms with Crippen molar-refractivity contribution in [1.29, 1.82) is 0 Å². The molecule has 0 fully saturated rings. The molecule has 0 atom stereocenters. The molecule has 10 heteroatoms. The molecule has 112 valence electrons. The topological polar surface area (TPSA) is 118 Å². The quantitative estimate of drug-likeness (QED) is 0.777. The Bertz CT molecular complexity index is 726. The van der Waals surface area contributed by atoms with E-state index in [1.165, 1.54) is 0 Å². The summed E-state index contributed by atoms with van der Waals surface area (Å²) in [6, 6.07) is 3.04. The van der Waals surface area contributed by atoms with Gasteiger partial charge in [0, 0.05) is 6.26 Å². The van der Waals surface area contributed by atoms with Crippen molar-refractivity contribution in [2.24, 2.45) is 0 Å². The molecule has 1 aromatic rings. The third-order valence-electron chi connectivity index (χ3n) is 2.22. The van der Waals surface area contributed by atoms with Crippen LogP contribution in [0.4, 0.5) is 10.1 Å². The molecule has 0 aliphatic carbocycles. The molecule has 0 amide bonds. The van der Waals surface area contributed by atoms with Crippen molar-refractivity contribution in [2.45, 2.75) is 0 Å². The van der Waals surface area contributed by atoms with Crippen LogP contribution in [0, 0.1) is 5.82 Å². The Labute approximate surface area is 115 Å². The number of halogens is 1. The molecule has 0 aliphatic heterocycles. The number of anilines is 1. The Balaban J connectivity index is 3.07. The van der Waals surface area contributed by atoms with E-state index in [0.717, 1.165) is 24.5 Å². The Morgan fingerprint density at radius 3 is 2.35 bits per heavy atom. The fraction of sp³-hybridized carbons (Fsp3) is 0.300. The highest BCUT2D eigenvalue weighted by Gasteiger charge is 2.21. The van der Waals surface area contributed by atoms with Crippen molar-refractivity contribution < 1.29 is 31.1 Å². The van der Waals surface area contributed by atoms with Gasteiger partial charge in [-0.25, -0.2) is 26.0 Å². The first kappa shape index (κ1) is 16.4. The minimum absolute atomic E-state index is 0.562. The molecule has 0 spiro atoms. The molecule has 1 rings (SSSR count). The van der Waals surface area contributed by atoms with Gasteiger partial charge in [-0.1, -0.05) is 6.07 Å². The zero-order valence-corrected chi connectivity index (χ0v) is 12.0. The lowest BCUT2D eigenvalue weighted by molar-refractivity contribution is 0.0697. The summed E-state index contributed by atoms with van der Waals surface area (Å²) in [5, 5.41) is 8.85. The van der Waals surface area contributed by atoms with Crippen molar-refractivity contribution in [3.63, 3.8) is 0 Å². The Morgan fingerprint density at radius 1 is 1.25 bits per heavy atom. The number of carboxylic acid groups (broad SMARTS) is 1. The van der Waals surface area contributed by atoms with Crippen molar-refractivity contribution in [1.82, 2.24) is 0 Å².